The number of carbonyl (C=O) groups excluding carboxylic acids is 2. The Morgan fingerprint density at radius 1 is 0.892 bits per heavy atom. The molecule has 0 aliphatic carbocycles. The summed E-state index contributed by atoms with van der Waals surface area (Å²) in [6.45, 7) is 0.257. The number of hydrogen-bond acceptors (Lipinski definition) is 5. The maximum absolute atomic E-state index is 13.7. The molecule has 0 heterocycles. The van der Waals surface area contributed by atoms with Crippen molar-refractivity contribution in [2.45, 2.75) is 6.61 Å². The number of ether oxygens (including phenoxy) is 2. The SMILES string of the molecule is O=C(N/N=C/c1ccc(OC(=O)c2ccccc2F)cc1)c1ccc(OCc2ccc(Cl)cc2Cl)cc1. The number of hydrazone groups is 1. The second kappa shape index (κ2) is 12.2. The minimum Gasteiger partial charge on any atom is -0.489 e. The highest BCUT2D eigenvalue weighted by Gasteiger charge is 2.13. The van der Waals surface area contributed by atoms with Gasteiger partial charge in [-0.2, -0.15) is 5.10 Å². The Morgan fingerprint density at radius 3 is 2.30 bits per heavy atom. The van der Waals surface area contributed by atoms with Gasteiger partial charge < -0.3 is 9.47 Å². The van der Waals surface area contributed by atoms with E-state index in [-0.39, 0.29) is 17.9 Å². The van der Waals surface area contributed by atoms with Crippen molar-refractivity contribution in [3.63, 3.8) is 0 Å². The van der Waals surface area contributed by atoms with Crippen LogP contribution in [0.5, 0.6) is 11.5 Å². The molecule has 4 aromatic rings. The fourth-order valence-electron chi connectivity index (χ4n) is 3.14. The lowest BCUT2D eigenvalue weighted by Gasteiger charge is -2.08. The number of nitrogens with one attached hydrogen (secondary N) is 1. The number of halogens is 3. The molecule has 0 unspecified atom stereocenters. The summed E-state index contributed by atoms with van der Waals surface area (Å²) in [5, 5.41) is 5.01. The van der Waals surface area contributed by atoms with Crippen molar-refractivity contribution in [2.24, 2.45) is 5.10 Å². The van der Waals surface area contributed by atoms with Crippen LogP contribution in [0.4, 0.5) is 4.39 Å². The molecule has 0 aromatic heterocycles. The molecule has 0 aliphatic rings. The Kier molecular flexibility index (Phi) is 8.51. The molecule has 0 saturated heterocycles. The first-order valence-corrected chi connectivity index (χ1v) is 11.7. The number of amides is 1. The summed E-state index contributed by atoms with van der Waals surface area (Å²) in [7, 11) is 0. The topological polar surface area (TPSA) is 77.0 Å². The van der Waals surface area contributed by atoms with Gasteiger partial charge in [-0.15, -0.1) is 0 Å². The molecular weight excluding hydrogens is 518 g/mol. The average Bonchev–Trinajstić information content (AvgIpc) is 2.89. The van der Waals surface area contributed by atoms with Crippen LogP contribution in [0.2, 0.25) is 10.0 Å². The van der Waals surface area contributed by atoms with Gasteiger partial charge in [-0.3, -0.25) is 4.79 Å². The van der Waals surface area contributed by atoms with E-state index in [1.54, 1.807) is 60.7 Å². The molecular formula is C28H19Cl2FN2O4. The third-order valence-corrected chi connectivity index (χ3v) is 5.68. The van der Waals surface area contributed by atoms with Gasteiger partial charge in [0.2, 0.25) is 0 Å². The highest BCUT2D eigenvalue weighted by molar-refractivity contribution is 6.35. The van der Waals surface area contributed by atoms with Crippen LogP contribution >= 0.6 is 23.2 Å². The zero-order valence-corrected chi connectivity index (χ0v) is 20.7. The van der Waals surface area contributed by atoms with Gasteiger partial charge in [0.05, 0.1) is 11.8 Å². The average molecular weight is 537 g/mol. The van der Waals surface area contributed by atoms with E-state index in [4.69, 9.17) is 32.7 Å². The molecule has 0 fully saturated rings. The van der Waals surface area contributed by atoms with Crippen LogP contribution in [0.15, 0.2) is 96.1 Å². The summed E-state index contributed by atoms with van der Waals surface area (Å²) in [5.41, 5.74) is 4.13. The molecule has 186 valence electrons. The molecule has 4 aromatic carbocycles. The van der Waals surface area contributed by atoms with Gasteiger partial charge in [-0.25, -0.2) is 14.6 Å². The predicted molar refractivity (Wildman–Crippen MR) is 140 cm³/mol. The second-order valence-electron chi connectivity index (χ2n) is 7.69. The van der Waals surface area contributed by atoms with Crippen molar-refractivity contribution in [1.82, 2.24) is 5.43 Å². The lowest BCUT2D eigenvalue weighted by molar-refractivity contribution is 0.0729. The third-order valence-electron chi connectivity index (χ3n) is 5.09. The number of esters is 1. The van der Waals surface area contributed by atoms with E-state index in [0.29, 0.717) is 26.9 Å². The van der Waals surface area contributed by atoms with Crippen LogP contribution in [0.3, 0.4) is 0 Å². The molecule has 0 saturated carbocycles. The maximum Gasteiger partial charge on any atom is 0.346 e. The van der Waals surface area contributed by atoms with E-state index < -0.39 is 17.7 Å². The first kappa shape index (κ1) is 25.9. The normalized spacial score (nSPS) is 10.8. The summed E-state index contributed by atoms with van der Waals surface area (Å²) in [6.07, 6.45) is 1.44. The van der Waals surface area contributed by atoms with Gasteiger partial charge in [-0.05, 0) is 78.4 Å². The van der Waals surface area contributed by atoms with Gasteiger partial charge in [0.25, 0.3) is 5.91 Å². The Bertz CT molecular complexity index is 1440. The number of carbonyl (C=O) groups is 2. The number of nitrogens with zero attached hydrogens (tertiary/aromatic N) is 1. The van der Waals surface area contributed by atoms with E-state index in [1.165, 1.54) is 36.5 Å². The third kappa shape index (κ3) is 7.16. The van der Waals surface area contributed by atoms with E-state index in [9.17, 15) is 14.0 Å². The zero-order valence-electron chi connectivity index (χ0n) is 19.2. The van der Waals surface area contributed by atoms with Crippen LogP contribution in [-0.4, -0.2) is 18.1 Å². The van der Waals surface area contributed by atoms with E-state index in [2.05, 4.69) is 10.5 Å². The highest BCUT2D eigenvalue weighted by Crippen LogP contribution is 2.23. The molecule has 0 atom stereocenters. The van der Waals surface area contributed by atoms with Crippen molar-refractivity contribution >= 4 is 41.3 Å². The smallest absolute Gasteiger partial charge is 0.346 e. The van der Waals surface area contributed by atoms with Gasteiger partial charge in [-0.1, -0.05) is 41.4 Å². The molecule has 37 heavy (non-hydrogen) atoms. The Labute approximate surface area is 222 Å². The minimum absolute atomic E-state index is 0.151. The summed E-state index contributed by atoms with van der Waals surface area (Å²) in [5.74, 6) is -1.04. The molecule has 9 heteroatoms. The Balaban J connectivity index is 1.27. The monoisotopic (exact) mass is 536 g/mol. The quantitative estimate of drug-likeness (QED) is 0.118. The first-order chi connectivity index (χ1) is 17.9. The van der Waals surface area contributed by atoms with Crippen LogP contribution in [0.25, 0.3) is 0 Å². The van der Waals surface area contributed by atoms with E-state index >= 15 is 0 Å². The molecule has 1 amide bonds. The van der Waals surface area contributed by atoms with Crippen LogP contribution in [-0.2, 0) is 6.61 Å². The molecule has 0 spiro atoms. The lowest BCUT2D eigenvalue weighted by Crippen LogP contribution is -2.17. The van der Waals surface area contributed by atoms with E-state index in [1.807, 2.05) is 0 Å². The Hall–Kier alpha value is -4.20. The summed E-state index contributed by atoms with van der Waals surface area (Å²) in [6, 6.07) is 23.7. The molecule has 4 rings (SSSR count). The fourth-order valence-corrected chi connectivity index (χ4v) is 3.61. The largest absolute Gasteiger partial charge is 0.489 e. The van der Waals surface area contributed by atoms with Crippen LogP contribution in [0.1, 0.15) is 31.8 Å². The van der Waals surface area contributed by atoms with E-state index in [0.717, 1.165) is 5.56 Å². The lowest BCUT2D eigenvalue weighted by atomic mass is 10.2. The fraction of sp³-hybridized carbons (Fsp3) is 0.0357. The molecule has 0 radical (unpaired) electrons. The minimum atomic E-state index is -0.794. The van der Waals surface area contributed by atoms with Crippen molar-refractivity contribution in [2.75, 3.05) is 0 Å². The van der Waals surface area contributed by atoms with Gasteiger partial charge in [0, 0.05) is 21.2 Å². The zero-order chi connectivity index (χ0) is 26.2. The molecule has 0 aliphatic heterocycles. The predicted octanol–water partition coefficient (Wildman–Crippen LogP) is 6.69. The summed E-state index contributed by atoms with van der Waals surface area (Å²) >= 11 is 12.0. The molecule has 0 bridgehead atoms. The van der Waals surface area contributed by atoms with Crippen molar-refractivity contribution in [1.29, 1.82) is 0 Å². The first-order valence-electron chi connectivity index (χ1n) is 11.0. The van der Waals surface area contributed by atoms with Gasteiger partial charge in [0.1, 0.15) is 23.9 Å². The number of hydrogen-bond donors (Lipinski definition) is 1. The van der Waals surface area contributed by atoms with Crippen LogP contribution in [0, 0.1) is 5.82 Å². The summed E-state index contributed by atoms with van der Waals surface area (Å²) < 4.78 is 24.6. The van der Waals surface area contributed by atoms with Crippen molar-refractivity contribution < 1.29 is 23.5 Å². The van der Waals surface area contributed by atoms with Crippen molar-refractivity contribution in [3.8, 4) is 11.5 Å². The summed E-state index contributed by atoms with van der Waals surface area (Å²) in [4.78, 5) is 24.5. The number of rotatable bonds is 8. The standard InChI is InChI=1S/C28H19Cl2FN2O4/c29-21-10-7-20(25(30)15-21)17-36-22-13-8-19(9-14-22)27(34)33-32-16-18-5-11-23(12-6-18)37-28(35)24-3-1-2-4-26(24)31/h1-16H,17H2,(H,33,34)/b32-16+. The van der Waals surface area contributed by atoms with Gasteiger partial charge >= 0.3 is 5.97 Å². The Morgan fingerprint density at radius 2 is 1.59 bits per heavy atom. The second-order valence-corrected chi connectivity index (χ2v) is 8.53. The maximum atomic E-state index is 13.7. The number of benzene rings is 4. The van der Waals surface area contributed by atoms with Gasteiger partial charge in [0.15, 0.2) is 0 Å². The van der Waals surface area contributed by atoms with Crippen LogP contribution < -0.4 is 14.9 Å². The molecule has 6 nitrogen and oxygen atoms in total. The highest BCUT2D eigenvalue weighted by atomic mass is 35.5. The van der Waals surface area contributed by atoms with Crippen molar-refractivity contribution in [3.05, 3.63) is 129 Å². The molecule has 1 N–H and O–H groups in total.